The number of carbonyl (C=O) groups is 1. The number of amides is 2. The van der Waals surface area contributed by atoms with Crippen molar-refractivity contribution in [3.8, 4) is 5.75 Å². The van der Waals surface area contributed by atoms with E-state index in [9.17, 15) is 4.79 Å². The minimum Gasteiger partial charge on any atom is -0.497 e. The number of carbonyl (C=O) groups excluding carboxylic acids is 1. The molecule has 1 saturated heterocycles. The minimum absolute atomic E-state index is 0.0220. The molecular formula is C22H29ClN4O2S. The second-order valence-corrected chi connectivity index (χ2v) is 8.99. The van der Waals surface area contributed by atoms with Crippen molar-refractivity contribution in [2.75, 3.05) is 62.6 Å². The van der Waals surface area contributed by atoms with E-state index in [2.05, 4.69) is 20.4 Å². The van der Waals surface area contributed by atoms with Gasteiger partial charge >= 0.3 is 6.03 Å². The van der Waals surface area contributed by atoms with Crippen molar-refractivity contribution < 1.29 is 9.53 Å². The molecule has 1 unspecified atom stereocenters. The molecule has 1 fully saturated rings. The summed E-state index contributed by atoms with van der Waals surface area (Å²) in [6.45, 7) is 2.45. The minimum atomic E-state index is -0.261. The molecule has 1 heterocycles. The monoisotopic (exact) mass is 448 g/mol. The van der Waals surface area contributed by atoms with Crippen LogP contribution in [0, 0.1) is 0 Å². The lowest BCUT2D eigenvalue weighted by Crippen LogP contribution is -2.37. The van der Waals surface area contributed by atoms with Crippen LogP contribution in [0.15, 0.2) is 42.5 Å². The van der Waals surface area contributed by atoms with Crippen molar-refractivity contribution in [2.24, 2.45) is 0 Å². The van der Waals surface area contributed by atoms with Crippen LogP contribution in [0.2, 0.25) is 5.02 Å². The van der Waals surface area contributed by atoms with Crippen LogP contribution in [0.1, 0.15) is 11.6 Å². The summed E-state index contributed by atoms with van der Waals surface area (Å²) >= 11 is 8.45. The van der Waals surface area contributed by atoms with Gasteiger partial charge in [0.05, 0.1) is 23.9 Å². The second kappa shape index (κ2) is 10.8. The summed E-state index contributed by atoms with van der Waals surface area (Å²) in [6.07, 6.45) is 0. The number of ether oxygens (including phenoxy) is 1. The molecule has 0 radical (unpaired) electrons. The van der Waals surface area contributed by atoms with E-state index in [-0.39, 0.29) is 12.1 Å². The maximum atomic E-state index is 12.5. The molecule has 162 valence electrons. The number of rotatable bonds is 7. The van der Waals surface area contributed by atoms with Gasteiger partial charge in [0.25, 0.3) is 0 Å². The number of anilines is 2. The van der Waals surface area contributed by atoms with Gasteiger partial charge in [-0.3, -0.25) is 0 Å². The van der Waals surface area contributed by atoms with Gasteiger partial charge in [-0.2, -0.15) is 11.8 Å². The predicted octanol–water partition coefficient (Wildman–Crippen LogP) is 4.33. The van der Waals surface area contributed by atoms with Crippen LogP contribution in [0.4, 0.5) is 16.2 Å². The highest BCUT2D eigenvalue weighted by Crippen LogP contribution is 2.30. The SMILES string of the molecule is COc1cccc(C(CNC(=O)Nc2ccc(N3CCSCC3)c(Cl)c2)N(C)C)c1. The summed E-state index contributed by atoms with van der Waals surface area (Å²) in [5.74, 6) is 3.02. The molecule has 1 aliphatic rings. The van der Waals surface area contributed by atoms with Crippen molar-refractivity contribution >= 4 is 40.8 Å². The van der Waals surface area contributed by atoms with Crippen LogP contribution in [-0.2, 0) is 0 Å². The van der Waals surface area contributed by atoms with Gasteiger partial charge in [0.15, 0.2) is 0 Å². The number of methoxy groups -OCH3 is 1. The maximum Gasteiger partial charge on any atom is 0.319 e. The molecular weight excluding hydrogens is 420 g/mol. The van der Waals surface area contributed by atoms with Crippen LogP contribution < -0.4 is 20.3 Å². The quantitative estimate of drug-likeness (QED) is 0.660. The summed E-state index contributed by atoms with van der Waals surface area (Å²) in [6, 6.07) is 13.3. The molecule has 2 aromatic carbocycles. The summed E-state index contributed by atoms with van der Waals surface area (Å²) in [4.78, 5) is 16.8. The molecule has 0 spiro atoms. The van der Waals surface area contributed by atoms with Crippen molar-refractivity contribution in [1.82, 2.24) is 10.2 Å². The number of hydrogen-bond acceptors (Lipinski definition) is 5. The van der Waals surface area contributed by atoms with E-state index < -0.39 is 0 Å². The molecule has 0 bridgehead atoms. The van der Waals surface area contributed by atoms with E-state index in [0.29, 0.717) is 17.3 Å². The lowest BCUT2D eigenvalue weighted by Gasteiger charge is -2.29. The third kappa shape index (κ3) is 5.97. The van der Waals surface area contributed by atoms with Gasteiger partial charge in [0, 0.05) is 36.8 Å². The Morgan fingerprint density at radius 3 is 2.67 bits per heavy atom. The van der Waals surface area contributed by atoms with Crippen molar-refractivity contribution in [3.05, 3.63) is 53.1 Å². The number of nitrogens with one attached hydrogen (secondary N) is 2. The van der Waals surface area contributed by atoms with Gasteiger partial charge in [0.1, 0.15) is 5.75 Å². The lowest BCUT2D eigenvalue weighted by atomic mass is 10.1. The van der Waals surface area contributed by atoms with Crippen molar-refractivity contribution in [2.45, 2.75) is 6.04 Å². The van der Waals surface area contributed by atoms with Gasteiger partial charge in [-0.15, -0.1) is 0 Å². The van der Waals surface area contributed by atoms with E-state index in [1.807, 2.05) is 68.3 Å². The lowest BCUT2D eigenvalue weighted by molar-refractivity contribution is 0.243. The molecule has 0 saturated carbocycles. The second-order valence-electron chi connectivity index (χ2n) is 7.36. The Morgan fingerprint density at radius 2 is 2.00 bits per heavy atom. The maximum absolute atomic E-state index is 12.5. The van der Waals surface area contributed by atoms with Crippen LogP contribution in [-0.4, -0.2) is 63.3 Å². The van der Waals surface area contributed by atoms with Crippen LogP contribution in [0.3, 0.4) is 0 Å². The first kappa shape index (κ1) is 22.6. The predicted molar refractivity (Wildman–Crippen MR) is 127 cm³/mol. The van der Waals surface area contributed by atoms with Gasteiger partial charge in [0.2, 0.25) is 0 Å². The molecule has 30 heavy (non-hydrogen) atoms. The number of urea groups is 1. The highest BCUT2D eigenvalue weighted by molar-refractivity contribution is 7.99. The van der Waals surface area contributed by atoms with E-state index in [0.717, 1.165) is 41.6 Å². The number of halogens is 1. The van der Waals surface area contributed by atoms with Gasteiger partial charge in [-0.25, -0.2) is 4.79 Å². The van der Waals surface area contributed by atoms with E-state index in [4.69, 9.17) is 16.3 Å². The first-order chi connectivity index (χ1) is 14.5. The Balaban J connectivity index is 1.59. The third-order valence-corrected chi connectivity index (χ3v) is 6.36. The Labute approximate surface area is 187 Å². The van der Waals surface area contributed by atoms with E-state index in [1.165, 1.54) is 0 Å². The van der Waals surface area contributed by atoms with Crippen LogP contribution in [0.25, 0.3) is 0 Å². The Morgan fingerprint density at radius 1 is 1.23 bits per heavy atom. The summed E-state index contributed by atoms with van der Waals surface area (Å²) in [7, 11) is 5.62. The first-order valence-corrected chi connectivity index (χ1v) is 11.5. The number of hydrogen-bond donors (Lipinski definition) is 2. The Bertz CT molecular complexity index is 859. The molecule has 8 heteroatoms. The van der Waals surface area contributed by atoms with Crippen LogP contribution >= 0.6 is 23.4 Å². The summed E-state index contributed by atoms with van der Waals surface area (Å²) in [5, 5.41) is 6.49. The molecule has 2 N–H and O–H groups in total. The number of thioether (sulfide) groups is 1. The molecule has 1 aliphatic heterocycles. The zero-order chi connectivity index (χ0) is 21.5. The number of likely N-dealkylation sites (N-methyl/N-ethyl adjacent to an activating group) is 1. The largest absolute Gasteiger partial charge is 0.497 e. The topological polar surface area (TPSA) is 56.8 Å². The summed E-state index contributed by atoms with van der Waals surface area (Å²) in [5.41, 5.74) is 2.77. The Kier molecular flexibility index (Phi) is 8.13. The highest BCUT2D eigenvalue weighted by Gasteiger charge is 2.17. The van der Waals surface area contributed by atoms with Gasteiger partial charge in [-0.05, 0) is 50.0 Å². The molecule has 2 amide bonds. The average Bonchev–Trinajstić information content (AvgIpc) is 2.74. The zero-order valence-corrected chi connectivity index (χ0v) is 19.2. The molecule has 3 rings (SSSR count). The third-order valence-electron chi connectivity index (χ3n) is 5.12. The number of benzene rings is 2. The Hall–Kier alpha value is -2.09. The smallest absolute Gasteiger partial charge is 0.319 e. The molecule has 0 aliphatic carbocycles. The molecule has 2 aromatic rings. The number of nitrogens with zero attached hydrogens (tertiary/aromatic N) is 2. The fourth-order valence-electron chi connectivity index (χ4n) is 3.46. The van der Waals surface area contributed by atoms with Gasteiger partial charge in [-0.1, -0.05) is 23.7 Å². The van der Waals surface area contributed by atoms with Crippen molar-refractivity contribution in [3.63, 3.8) is 0 Å². The fraction of sp³-hybridized carbons (Fsp3) is 0.409. The van der Waals surface area contributed by atoms with E-state index >= 15 is 0 Å². The molecule has 0 aromatic heterocycles. The fourth-order valence-corrected chi connectivity index (χ4v) is 4.66. The van der Waals surface area contributed by atoms with E-state index in [1.54, 1.807) is 7.11 Å². The highest BCUT2D eigenvalue weighted by atomic mass is 35.5. The van der Waals surface area contributed by atoms with Crippen LogP contribution in [0.5, 0.6) is 5.75 Å². The molecule has 1 atom stereocenters. The van der Waals surface area contributed by atoms with Crippen molar-refractivity contribution in [1.29, 1.82) is 0 Å². The average molecular weight is 449 g/mol. The summed E-state index contributed by atoms with van der Waals surface area (Å²) < 4.78 is 5.32. The standard InChI is InChI=1S/C22H29ClN4O2S/c1-26(2)21(16-5-4-6-18(13-16)29-3)15-24-22(28)25-17-7-8-20(19(23)14-17)27-9-11-30-12-10-27/h4-8,13-14,21H,9-12,15H2,1-3H3,(H2,24,25,28). The normalized spacial score (nSPS) is 15.0. The first-order valence-electron chi connectivity index (χ1n) is 9.95. The molecule has 6 nitrogen and oxygen atoms in total. The van der Waals surface area contributed by atoms with Gasteiger partial charge < -0.3 is 25.2 Å². The zero-order valence-electron chi connectivity index (χ0n) is 17.7.